The van der Waals surface area contributed by atoms with E-state index in [1.54, 1.807) is 48.0 Å². The molecule has 1 aliphatic rings. The highest BCUT2D eigenvalue weighted by atomic mass is 35.5. The molecular weight excluding hydrogens is 471 g/mol. The van der Waals surface area contributed by atoms with E-state index >= 15 is 0 Å². The minimum absolute atomic E-state index is 0.133. The van der Waals surface area contributed by atoms with E-state index < -0.39 is 5.54 Å². The Morgan fingerprint density at radius 1 is 1.17 bits per heavy atom. The Morgan fingerprint density at radius 2 is 1.94 bits per heavy atom. The molecule has 0 saturated heterocycles. The molecule has 0 bridgehead atoms. The van der Waals surface area contributed by atoms with Crippen LogP contribution in [0.2, 0.25) is 5.02 Å². The maximum absolute atomic E-state index is 13.7. The number of amides is 2. The third kappa shape index (κ3) is 4.33. The first-order valence-electron chi connectivity index (χ1n) is 11.0. The number of aromatic nitrogens is 2. The largest absolute Gasteiger partial charge is 0.463 e. The summed E-state index contributed by atoms with van der Waals surface area (Å²) in [5.41, 5.74) is 1.05. The fraction of sp³-hybridized carbons (Fsp3) is 0.192. The summed E-state index contributed by atoms with van der Waals surface area (Å²) < 4.78 is 20.2. The predicted octanol–water partition coefficient (Wildman–Crippen LogP) is 4.67. The molecule has 0 unspecified atom stereocenters. The van der Waals surface area contributed by atoms with Crippen molar-refractivity contribution in [2.75, 3.05) is 0 Å². The fourth-order valence-corrected chi connectivity index (χ4v) is 4.40. The van der Waals surface area contributed by atoms with Gasteiger partial charge in [-0.3, -0.25) is 14.3 Å². The third-order valence-corrected chi connectivity index (χ3v) is 6.58. The minimum Gasteiger partial charge on any atom is -0.463 e. The van der Waals surface area contributed by atoms with Crippen molar-refractivity contribution in [1.29, 1.82) is 0 Å². The van der Waals surface area contributed by atoms with Gasteiger partial charge >= 0.3 is 0 Å². The summed E-state index contributed by atoms with van der Waals surface area (Å²) in [5, 5.41) is 7.94. The number of hydrogen-bond donors (Lipinski definition) is 1. The number of carbonyl (C=O) groups is 2. The quantitative estimate of drug-likeness (QED) is 0.424. The molecule has 35 heavy (non-hydrogen) atoms. The zero-order chi connectivity index (χ0) is 24.6. The Morgan fingerprint density at radius 3 is 2.66 bits per heavy atom. The summed E-state index contributed by atoms with van der Waals surface area (Å²) in [6.45, 7) is 2.17. The summed E-state index contributed by atoms with van der Waals surface area (Å²) in [4.78, 5) is 28.8. The Hall–Kier alpha value is -3.91. The first-order valence-corrected chi connectivity index (χ1v) is 11.4. The van der Waals surface area contributed by atoms with Crippen LogP contribution in [0.4, 0.5) is 4.39 Å². The van der Waals surface area contributed by atoms with Gasteiger partial charge in [-0.2, -0.15) is 5.10 Å². The van der Waals surface area contributed by atoms with Crippen LogP contribution in [0.5, 0.6) is 0 Å². The molecule has 1 N–H and O–H groups in total. The lowest BCUT2D eigenvalue weighted by Gasteiger charge is -2.43. The number of benzene rings is 2. The van der Waals surface area contributed by atoms with Crippen molar-refractivity contribution in [1.82, 2.24) is 20.0 Å². The molecule has 7 nitrogen and oxygen atoms in total. The van der Waals surface area contributed by atoms with Gasteiger partial charge in [-0.15, -0.1) is 0 Å². The van der Waals surface area contributed by atoms with E-state index in [1.807, 2.05) is 18.2 Å². The Balaban J connectivity index is 1.49. The number of halogens is 2. The number of carbonyl (C=O) groups excluding carboxylic acids is 2. The zero-order valence-electron chi connectivity index (χ0n) is 18.9. The molecule has 0 saturated carbocycles. The van der Waals surface area contributed by atoms with Gasteiger partial charge in [0.15, 0.2) is 5.76 Å². The average molecular weight is 493 g/mol. The van der Waals surface area contributed by atoms with E-state index in [4.69, 9.17) is 16.0 Å². The number of rotatable bonds is 6. The molecule has 178 valence electrons. The summed E-state index contributed by atoms with van der Waals surface area (Å²) in [5.74, 6) is -0.530. The zero-order valence-corrected chi connectivity index (χ0v) is 19.6. The smallest absolute Gasteiger partial charge is 0.273 e. The second-order valence-corrected chi connectivity index (χ2v) is 9.02. The standard InChI is InChI=1S/C26H22ClFN4O3/c1-26(25(34)29-14-17-8-10-19(28)11-9-17)16-32-22(13-21(30-32)23-7-4-12-35-23)24(33)31(26)15-18-5-2-3-6-20(18)27/h2-13H,14-16H2,1H3,(H,29,34)/t26-/m1/s1. The molecule has 0 aliphatic carbocycles. The van der Waals surface area contributed by atoms with Crippen LogP contribution in [0.1, 0.15) is 28.5 Å². The number of furan rings is 1. The lowest BCUT2D eigenvalue weighted by Crippen LogP contribution is -2.63. The van der Waals surface area contributed by atoms with Crippen LogP contribution in [0.15, 0.2) is 77.4 Å². The van der Waals surface area contributed by atoms with Crippen molar-refractivity contribution in [3.05, 3.63) is 101 Å². The monoisotopic (exact) mass is 492 g/mol. The highest BCUT2D eigenvalue weighted by molar-refractivity contribution is 6.31. The Labute approximate surface area is 206 Å². The van der Waals surface area contributed by atoms with Gasteiger partial charge in [0.1, 0.15) is 22.7 Å². The lowest BCUT2D eigenvalue weighted by atomic mass is 9.94. The summed E-state index contributed by atoms with van der Waals surface area (Å²) >= 11 is 6.39. The fourth-order valence-electron chi connectivity index (χ4n) is 4.21. The maximum atomic E-state index is 13.7. The molecule has 0 spiro atoms. The molecule has 1 atom stereocenters. The van der Waals surface area contributed by atoms with Crippen molar-refractivity contribution in [3.63, 3.8) is 0 Å². The van der Waals surface area contributed by atoms with Crippen LogP contribution in [-0.4, -0.2) is 32.0 Å². The van der Waals surface area contributed by atoms with Crippen LogP contribution in [-0.2, 0) is 24.4 Å². The SMILES string of the molecule is C[C@]1(C(=O)NCc2ccc(F)cc2)Cn2nc(-c3ccco3)cc2C(=O)N1Cc1ccccc1Cl. The highest BCUT2D eigenvalue weighted by Gasteiger charge is 2.48. The summed E-state index contributed by atoms with van der Waals surface area (Å²) in [6.07, 6.45) is 1.53. The van der Waals surface area contributed by atoms with E-state index in [0.29, 0.717) is 22.2 Å². The maximum Gasteiger partial charge on any atom is 0.273 e. The molecular formula is C26H22ClFN4O3. The van der Waals surface area contributed by atoms with Crippen molar-refractivity contribution in [3.8, 4) is 11.5 Å². The highest BCUT2D eigenvalue weighted by Crippen LogP contribution is 2.32. The Bertz CT molecular complexity index is 1380. The lowest BCUT2D eigenvalue weighted by molar-refractivity contribution is -0.133. The normalized spacial score (nSPS) is 17.3. The van der Waals surface area contributed by atoms with Gasteiger partial charge in [0, 0.05) is 24.2 Å². The number of nitrogens with one attached hydrogen (secondary N) is 1. The van der Waals surface area contributed by atoms with Crippen LogP contribution in [0, 0.1) is 5.82 Å². The Kier molecular flexibility index (Phi) is 5.90. The van der Waals surface area contributed by atoms with E-state index in [9.17, 15) is 14.0 Å². The second kappa shape index (κ2) is 9.03. The first-order chi connectivity index (χ1) is 16.8. The summed E-state index contributed by atoms with van der Waals surface area (Å²) in [7, 11) is 0. The molecule has 3 heterocycles. The van der Waals surface area contributed by atoms with E-state index in [1.165, 1.54) is 23.3 Å². The van der Waals surface area contributed by atoms with Crippen molar-refractivity contribution in [2.45, 2.75) is 32.1 Å². The van der Waals surface area contributed by atoms with Crippen LogP contribution < -0.4 is 5.32 Å². The minimum atomic E-state index is -1.27. The third-order valence-electron chi connectivity index (χ3n) is 6.21. The van der Waals surface area contributed by atoms with Crippen LogP contribution in [0.3, 0.4) is 0 Å². The van der Waals surface area contributed by atoms with Gasteiger partial charge in [0.2, 0.25) is 5.91 Å². The van der Waals surface area contributed by atoms with Gasteiger partial charge in [0.25, 0.3) is 5.91 Å². The van der Waals surface area contributed by atoms with Crippen LogP contribution in [0.25, 0.3) is 11.5 Å². The molecule has 0 fully saturated rings. The van der Waals surface area contributed by atoms with E-state index in [2.05, 4.69) is 10.4 Å². The molecule has 5 rings (SSSR count). The van der Waals surface area contributed by atoms with E-state index in [0.717, 1.165) is 11.1 Å². The van der Waals surface area contributed by atoms with Gasteiger partial charge in [-0.05, 0) is 48.4 Å². The molecule has 9 heteroatoms. The molecule has 2 amide bonds. The van der Waals surface area contributed by atoms with Crippen molar-refractivity contribution >= 4 is 23.4 Å². The molecule has 2 aromatic carbocycles. The predicted molar refractivity (Wildman–Crippen MR) is 128 cm³/mol. The second-order valence-electron chi connectivity index (χ2n) is 8.62. The van der Waals surface area contributed by atoms with Crippen molar-refractivity contribution in [2.24, 2.45) is 0 Å². The molecule has 4 aromatic rings. The number of fused-ring (bicyclic) bond motifs is 1. The summed E-state index contributed by atoms with van der Waals surface area (Å²) in [6, 6.07) is 18.3. The molecule has 2 aromatic heterocycles. The van der Waals surface area contributed by atoms with Crippen molar-refractivity contribution < 1.29 is 18.4 Å². The van der Waals surface area contributed by atoms with Gasteiger partial charge in [0.05, 0.1) is 12.8 Å². The van der Waals surface area contributed by atoms with Gasteiger partial charge in [-0.25, -0.2) is 4.39 Å². The van der Waals surface area contributed by atoms with Gasteiger partial charge in [-0.1, -0.05) is 41.9 Å². The molecule has 0 radical (unpaired) electrons. The topological polar surface area (TPSA) is 80.4 Å². The van der Waals surface area contributed by atoms with Gasteiger partial charge < -0.3 is 14.6 Å². The number of hydrogen-bond acceptors (Lipinski definition) is 4. The number of nitrogens with zero attached hydrogens (tertiary/aromatic N) is 3. The average Bonchev–Trinajstić information content (AvgIpc) is 3.52. The molecule has 1 aliphatic heterocycles. The van der Waals surface area contributed by atoms with Crippen LogP contribution >= 0.6 is 11.6 Å². The first kappa shape index (κ1) is 22.9. The van der Waals surface area contributed by atoms with E-state index in [-0.39, 0.29) is 37.3 Å².